The van der Waals surface area contributed by atoms with Gasteiger partial charge in [-0.15, -0.1) is 0 Å². The van der Waals surface area contributed by atoms with Crippen LogP contribution in [0.4, 0.5) is 0 Å². The maximum absolute atomic E-state index is 12.5. The highest BCUT2D eigenvalue weighted by Gasteiger charge is 2.46. The quantitative estimate of drug-likeness (QED) is 0.0456. The molecule has 2 heterocycles. The Morgan fingerprint density at radius 2 is 1.10 bits per heavy atom. The van der Waals surface area contributed by atoms with E-state index in [1.165, 1.54) is 20.8 Å². The minimum absolute atomic E-state index is 0.100. The van der Waals surface area contributed by atoms with Gasteiger partial charge in [-0.1, -0.05) is 0 Å². The van der Waals surface area contributed by atoms with E-state index in [2.05, 4.69) is 21.3 Å². The van der Waals surface area contributed by atoms with E-state index < -0.39 is 92.4 Å². The Bertz CT molecular complexity index is 1130. The lowest BCUT2D eigenvalue weighted by Gasteiger charge is -2.42. The van der Waals surface area contributed by atoms with Gasteiger partial charge in [0.1, 0.15) is 48.7 Å². The number of aliphatic hydroxyl groups excluding tert-OH is 6. The standard InChI is InChI=1S/C33H58N4O15/c1-18(40)21(37-25(44)12-6-9-15-50-33-27(36-20(3)42)31(48)29(46)23(17-39)52-33)10-4-7-13-34-24(43)11-5-8-14-49-32-26(35-19(2)41)30(47)28(45)22(16-38)51-32/h21-23,26-33,38-39,45-48H,4-17H2,1-3H3,(H,34,43)(H,35,41)(H,36,42)(H,37,44)/t21-,22?,23?,26?,27?,28?,29?,30?,31?,32?,33?/m0/s1. The fraction of sp³-hybridized carbons (Fsp3) is 0.848. The monoisotopic (exact) mass is 750 g/mol. The number of rotatable bonds is 23. The highest BCUT2D eigenvalue weighted by atomic mass is 16.7. The number of carbonyl (C=O) groups excluding carboxylic acids is 5. The number of hydrogen-bond donors (Lipinski definition) is 10. The number of aliphatic hydroxyl groups is 6. The van der Waals surface area contributed by atoms with Crippen molar-refractivity contribution in [3.05, 3.63) is 0 Å². The zero-order valence-electron chi connectivity index (χ0n) is 30.1. The lowest BCUT2D eigenvalue weighted by atomic mass is 9.97. The summed E-state index contributed by atoms with van der Waals surface area (Å²) in [7, 11) is 0. The van der Waals surface area contributed by atoms with Gasteiger partial charge in [0, 0.05) is 46.4 Å². The molecule has 2 rings (SSSR count). The summed E-state index contributed by atoms with van der Waals surface area (Å²) < 4.78 is 22.3. The van der Waals surface area contributed by atoms with Crippen LogP contribution in [0.25, 0.3) is 0 Å². The molecule has 0 radical (unpaired) electrons. The summed E-state index contributed by atoms with van der Waals surface area (Å²) in [4.78, 5) is 60.0. The summed E-state index contributed by atoms with van der Waals surface area (Å²) in [5.74, 6) is -1.61. The Kier molecular flexibility index (Phi) is 20.7. The molecule has 2 aliphatic rings. The zero-order chi connectivity index (χ0) is 38.8. The van der Waals surface area contributed by atoms with Crippen LogP contribution in [-0.2, 0) is 42.9 Å². The third-order valence-corrected chi connectivity index (χ3v) is 8.73. The Morgan fingerprint density at radius 3 is 1.52 bits per heavy atom. The molecule has 19 nitrogen and oxygen atoms in total. The largest absolute Gasteiger partial charge is 0.394 e. The predicted octanol–water partition coefficient (Wildman–Crippen LogP) is -3.39. The molecular formula is C33H58N4O15. The number of nitrogens with one attached hydrogen (secondary N) is 4. The fourth-order valence-electron chi connectivity index (χ4n) is 5.83. The van der Waals surface area contributed by atoms with Crippen LogP contribution in [0.3, 0.4) is 0 Å². The van der Waals surface area contributed by atoms with Crippen molar-refractivity contribution in [3.63, 3.8) is 0 Å². The topological polar surface area (TPSA) is 292 Å². The average molecular weight is 751 g/mol. The molecule has 10 unspecified atom stereocenters. The molecule has 2 fully saturated rings. The van der Waals surface area contributed by atoms with Crippen LogP contribution in [0.2, 0.25) is 0 Å². The number of ether oxygens (including phenoxy) is 4. The minimum Gasteiger partial charge on any atom is -0.394 e. The van der Waals surface area contributed by atoms with E-state index in [0.29, 0.717) is 51.5 Å². The lowest BCUT2D eigenvalue weighted by molar-refractivity contribution is -0.270. The van der Waals surface area contributed by atoms with Crippen molar-refractivity contribution in [2.24, 2.45) is 0 Å². The summed E-state index contributed by atoms with van der Waals surface area (Å²) in [5, 5.41) is 70.2. The number of unbranched alkanes of at least 4 members (excludes halogenated alkanes) is 3. The molecule has 300 valence electrons. The summed E-state index contributed by atoms with van der Waals surface area (Å²) in [5.41, 5.74) is 0. The van der Waals surface area contributed by atoms with Crippen LogP contribution >= 0.6 is 0 Å². The Labute approximate surface area is 303 Å². The SMILES string of the molecule is CC(=O)NC1C(OCCCCC(=O)NCCCC[C@H](NC(=O)CCCCOC2OC(CO)C(O)C(O)C2NC(C)=O)C(C)=O)OC(CO)C(O)C1O. The second kappa shape index (κ2) is 23.7. The molecule has 19 heteroatoms. The average Bonchev–Trinajstić information content (AvgIpc) is 3.09. The molecule has 0 aromatic rings. The molecule has 2 aliphatic heterocycles. The van der Waals surface area contributed by atoms with Crippen LogP contribution in [0, 0.1) is 0 Å². The van der Waals surface area contributed by atoms with Crippen molar-refractivity contribution < 1.29 is 73.6 Å². The van der Waals surface area contributed by atoms with E-state index in [-0.39, 0.29) is 43.7 Å². The number of carbonyl (C=O) groups is 5. The van der Waals surface area contributed by atoms with Gasteiger partial charge in [0.2, 0.25) is 23.6 Å². The van der Waals surface area contributed by atoms with Gasteiger partial charge in [-0.3, -0.25) is 24.0 Å². The van der Waals surface area contributed by atoms with Crippen LogP contribution in [-0.4, -0.2) is 160 Å². The van der Waals surface area contributed by atoms with Gasteiger partial charge in [-0.05, 0) is 51.9 Å². The third kappa shape index (κ3) is 15.2. The van der Waals surface area contributed by atoms with Crippen molar-refractivity contribution in [1.82, 2.24) is 21.3 Å². The number of amides is 4. The Hall–Kier alpha value is -2.85. The highest BCUT2D eigenvalue weighted by Crippen LogP contribution is 2.24. The molecule has 2 saturated heterocycles. The van der Waals surface area contributed by atoms with E-state index in [1.54, 1.807) is 0 Å². The van der Waals surface area contributed by atoms with Gasteiger partial charge in [0.25, 0.3) is 0 Å². The van der Waals surface area contributed by atoms with E-state index >= 15 is 0 Å². The van der Waals surface area contributed by atoms with Gasteiger partial charge in [0.15, 0.2) is 18.4 Å². The fourth-order valence-corrected chi connectivity index (χ4v) is 5.83. The molecule has 0 bridgehead atoms. The van der Waals surface area contributed by atoms with Gasteiger partial charge >= 0.3 is 0 Å². The molecular weight excluding hydrogens is 692 g/mol. The maximum Gasteiger partial charge on any atom is 0.220 e. The van der Waals surface area contributed by atoms with Gasteiger partial charge in [-0.2, -0.15) is 0 Å². The molecule has 52 heavy (non-hydrogen) atoms. The Morgan fingerprint density at radius 1 is 0.635 bits per heavy atom. The third-order valence-electron chi connectivity index (χ3n) is 8.73. The molecule has 0 saturated carbocycles. The number of Topliss-reactive ketones (excluding diaryl/α,β-unsaturated/α-hetero) is 1. The van der Waals surface area contributed by atoms with Gasteiger partial charge in [-0.25, -0.2) is 0 Å². The first kappa shape index (κ1) is 45.3. The van der Waals surface area contributed by atoms with E-state index in [0.717, 1.165) is 0 Å². The smallest absolute Gasteiger partial charge is 0.220 e. The Balaban J connectivity index is 1.60. The lowest BCUT2D eigenvalue weighted by Crippen LogP contribution is -2.64. The van der Waals surface area contributed by atoms with Crippen molar-refractivity contribution in [3.8, 4) is 0 Å². The second-order valence-corrected chi connectivity index (χ2v) is 13.1. The number of hydrogen-bond acceptors (Lipinski definition) is 15. The molecule has 11 atom stereocenters. The molecule has 0 spiro atoms. The van der Waals surface area contributed by atoms with Crippen molar-refractivity contribution in [1.29, 1.82) is 0 Å². The van der Waals surface area contributed by atoms with E-state index in [9.17, 15) is 54.6 Å². The van der Waals surface area contributed by atoms with Crippen molar-refractivity contribution >= 4 is 29.4 Å². The van der Waals surface area contributed by atoms with Crippen LogP contribution < -0.4 is 21.3 Å². The zero-order valence-corrected chi connectivity index (χ0v) is 30.1. The van der Waals surface area contributed by atoms with Crippen LogP contribution in [0.5, 0.6) is 0 Å². The first-order chi connectivity index (χ1) is 24.7. The first-order valence-electron chi connectivity index (χ1n) is 17.8. The summed E-state index contributed by atoms with van der Waals surface area (Å²) in [6.45, 7) is 3.38. The van der Waals surface area contributed by atoms with Crippen molar-refractivity contribution in [2.45, 2.75) is 146 Å². The maximum atomic E-state index is 12.5. The summed E-state index contributed by atoms with van der Waals surface area (Å²) >= 11 is 0. The molecule has 4 amide bonds. The predicted molar refractivity (Wildman–Crippen MR) is 180 cm³/mol. The van der Waals surface area contributed by atoms with Crippen LogP contribution in [0.15, 0.2) is 0 Å². The number of ketones is 1. The molecule has 0 aliphatic carbocycles. The van der Waals surface area contributed by atoms with Gasteiger partial charge in [0.05, 0.1) is 19.3 Å². The van der Waals surface area contributed by atoms with Gasteiger partial charge < -0.3 is 70.9 Å². The first-order valence-corrected chi connectivity index (χ1v) is 17.8. The summed E-state index contributed by atoms with van der Waals surface area (Å²) in [6, 6.07) is -2.77. The molecule has 0 aromatic carbocycles. The normalized spacial score (nSPS) is 29.5. The van der Waals surface area contributed by atoms with Crippen LogP contribution in [0.1, 0.15) is 78.6 Å². The molecule has 0 aromatic heterocycles. The van der Waals surface area contributed by atoms with E-state index in [1.807, 2.05) is 0 Å². The second-order valence-electron chi connectivity index (χ2n) is 13.1. The minimum atomic E-state index is -1.42. The van der Waals surface area contributed by atoms with Crippen molar-refractivity contribution in [2.75, 3.05) is 33.0 Å². The summed E-state index contributed by atoms with van der Waals surface area (Å²) in [6.07, 6.45) is -6.40. The molecule has 10 N–H and O–H groups in total. The van der Waals surface area contributed by atoms with E-state index in [4.69, 9.17) is 18.9 Å². The highest BCUT2D eigenvalue weighted by molar-refractivity contribution is 5.87.